The zero-order valence-corrected chi connectivity index (χ0v) is 24.1. The number of pyridine rings is 2. The number of benzene rings is 1. The van der Waals surface area contributed by atoms with Crippen LogP contribution in [0.4, 0.5) is 5.82 Å². The van der Waals surface area contributed by atoms with Crippen molar-refractivity contribution in [3.63, 3.8) is 0 Å². The standard InChI is InChI=1S/C28H34Cl2N4O5/c1-6-7-33-14-19(15-33)39-9-8-34-21-11-24(32-17(2)16-36-3)31-13-18(21)10-20(28(34)35)25-26(29)22(37-4)12-23(38-5)27(25)30/h6,10-13,17,19H,1,7-9,14-16H2,2-5H3,(H,31,32). The van der Waals surface area contributed by atoms with Crippen molar-refractivity contribution in [1.29, 1.82) is 0 Å². The van der Waals surface area contributed by atoms with Crippen molar-refractivity contribution >= 4 is 39.9 Å². The molecule has 1 atom stereocenters. The molecule has 0 amide bonds. The number of likely N-dealkylation sites (tertiary alicyclic amines) is 1. The molecule has 0 spiro atoms. The van der Waals surface area contributed by atoms with Crippen molar-refractivity contribution in [2.75, 3.05) is 59.5 Å². The van der Waals surface area contributed by atoms with Crippen LogP contribution in [-0.2, 0) is 16.0 Å². The third kappa shape index (κ3) is 6.34. The summed E-state index contributed by atoms with van der Waals surface area (Å²) in [6, 6.07) is 5.23. The number of rotatable bonds is 13. The lowest BCUT2D eigenvalue weighted by Crippen LogP contribution is -2.52. The van der Waals surface area contributed by atoms with Gasteiger partial charge in [0.25, 0.3) is 5.56 Å². The van der Waals surface area contributed by atoms with Crippen LogP contribution in [0, 0.1) is 0 Å². The molecule has 0 aliphatic carbocycles. The van der Waals surface area contributed by atoms with Crippen molar-refractivity contribution in [1.82, 2.24) is 14.5 Å². The number of hydrogen-bond acceptors (Lipinski definition) is 8. The van der Waals surface area contributed by atoms with E-state index in [0.29, 0.717) is 53.7 Å². The van der Waals surface area contributed by atoms with Crippen molar-refractivity contribution in [3.05, 3.63) is 57.4 Å². The normalized spacial score (nSPS) is 14.7. The van der Waals surface area contributed by atoms with Gasteiger partial charge in [-0.25, -0.2) is 4.98 Å². The van der Waals surface area contributed by atoms with Crippen LogP contribution in [0.1, 0.15) is 6.92 Å². The fraction of sp³-hybridized carbons (Fsp3) is 0.429. The Kier molecular flexibility index (Phi) is 9.74. The van der Waals surface area contributed by atoms with Gasteiger partial charge in [0.15, 0.2) is 0 Å². The van der Waals surface area contributed by atoms with Gasteiger partial charge in [-0.1, -0.05) is 29.3 Å². The predicted molar refractivity (Wildman–Crippen MR) is 156 cm³/mol. The van der Waals surface area contributed by atoms with E-state index in [0.717, 1.165) is 25.0 Å². The number of nitrogens with zero attached hydrogens (tertiary/aromatic N) is 3. The van der Waals surface area contributed by atoms with Gasteiger partial charge < -0.3 is 28.8 Å². The smallest absolute Gasteiger partial charge is 0.259 e. The molecule has 2 aromatic heterocycles. The Bertz CT molecular complexity index is 1360. The molecule has 0 radical (unpaired) electrons. The Balaban J connectivity index is 1.77. The van der Waals surface area contributed by atoms with E-state index >= 15 is 0 Å². The average Bonchev–Trinajstić information content (AvgIpc) is 2.89. The van der Waals surface area contributed by atoms with E-state index < -0.39 is 0 Å². The first-order valence-electron chi connectivity index (χ1n) is 12.7. The van der Waals surface area contributed by atoms with E-state index in [1.165, 1.54) is 14.2 Å². The zero-order valence-electron chi connectivity index (χ0n) is 22.6. The second-order valence-electron chi connectivity index (χ2n) is 9.43. The molecule has 39 heavy (non-hydrogen) atoms. The molecule has 11 heteroatoms. The van der Waals surface area contributed by atoms with Gasteiger partial charge in [0.05, 0.1) is 54.7 Å². The first-order chi connectivity index (χ1) is 18.8. The Morgan fingerprint density at radius 2 is 1.85 bits per heavy atom. The van der Waals surface area contributed by atoms with E-state index in [1.54, 1.807) is 30.0 Å². The Hall–Kier alpha value is -2.82. The minimum atomic E-state index is -0.269. The molecular weight excluding hydrogens is 543 g/mol. The fourth-order valence-electron chi connectivity index (χ4n) is 4.69. The van der Waals surface area contributed by atoms with Crippen LogP contribution in [0.3, 0.4) is 0 Å². The van der Waals surface area contributed by atoms with Crippen molar-refractivity contribution < 1.29 is 18.9 Å². The largest absolute Gasteiger partial charge is 0.495 e. The highest BCUT2D eigenvalue weighted by molar-refractivity contribution is 6.41. The second-order valence-corrected chi connectivity index (χ2v) is 10.2. The molecule has 0 saturated carbocycles. The van der Waals surface area contributed by atoms with Gasteiger partial charge >= 0.3 is 0 Å². The number of fused-ring (bicyclic) bond motifs is 1. The summed E-state index contributed by atoms with van der Waals surface area (Å²) < 4.78 is 23.8. The van der Waals surface area contributed by atoms with Crippen LogP contribution < -0.4 is 20.3 Å². The maximum absolute atomic E-state index is 14.0. The van der Waals surface area contributed by atoms with Crippen LogP contribution in [0.25, 0.3) is 22.0 Å². The molecule has 1 aliphatic heterocycles. The summed E-state index contributed by atoms with van der Waals surface area (Å²) >= 11 is 13.4. The molecule has 1 N–H and O–H groups in total. The SMILES string of the molecule is C=CCN1CC(OCCn2c(=O)c(-c3c(Cl)c(OC)cc(OC)c3Cl)cc3cnc(NC(C)COC)cc32)C1. The van der Waals surface area contributed by atoms with Gasteiger partial charge in [-0.2, -0.15) is 0 Å². The Morgan fingerprint density at radius 1 is 1.15 bits per heavy atom. The van der Waals surface area contributed by atoms with Crippen molar-refractivity contribution in [2.45, 2.75) is 25.6 Å². The topological polar surface area (TPSA) is 87.1 Å². The van der Waals surface area contributed by atoms with Crippen LogP contribution in [0.15, 0.2) is 41.8 Å². The summed E-state index contributed by atoms with van der Waals surface area (Å²) in [5.74, 6) is 1.33. The van der Waals surface area contributed by atoms with E-state index in [-0.39, 0.29) is 27.8 Å². The van der Waals surface area contributed by atoms with Crippen molar-refractivity contribution in [3.8, 4) is 22.6 Å². The van der Waals surface area contributed by atoms with Crippen molar-refractivity contribution in [2.24, 2.45) is 0 Å². The van der Waals surface area contributed by atoms with Crippen LogP contribution in [-0.4, -0.2) is 80.8 Å². The molecular formula is C28H34Cl2N4O5. The molecule has 3 heterocycles. The lowest BCUT2D eigenvalue weighted by molar-refractivity contribution is -0.0516. The molecule has 1 saturated heterocycles. The second kappa shape index (κ2) is 13.0. The summed E-state index contributed by atoms with van der Waals surface area (Å²) in [5.41, 5.74) is 1.09. The van der Waals surface area contributed by atoms with E-state index in [4.69, 9.17) is 42.1 Å². The summed E-state index contributed by atoms with van der Waals surface area (Å²) in [6.45, 7) is 9.49. The molecule has 1 fully saturated rings. The average molecular weight is 578 g/mol. The lowest BCUT2D eigenvalue weighted by atomic mass is 10.0. The molecule has 210 valence electrons. The van der Waals surface area contributed by atoms with Gasteiger partial charge in [-0.15, -0.1) is 6.58 Å². The minimum absolute atomic E-state index is 0.0294. The molecule has 1 aliphatic rings. The first kappa shape index (κ1) is 29.2. The first-order valence-corrected chi connectivity index (χ1v) is 13.4. The molecule has 1 aromatic carbocycles. The number of ether oxygens (including phenoxy) is 4. The Morgan fingerprint density at radius 3 is 2.46 bits per heavy atom. The molecule has 4 rings (SSSR count). The summed E-state index contributed by atoms with van der Waals surface area (Å²) in [6.07, 6.45) is 3.72. The van der Waals surface area contributed by atoms with Gasteiger partial charge in [0, 0.05) is 68.6 Å². The molecule has 9 nitrogen and oxygen atoms in total. The third-order valence-electron chi connectivity index (χ3n) is 6.61. The number of halogens is 2. The van der Waals surface area contributed by atoms with Gasteiger partial charge in [0.2, 0.25) is 0 Å². The van der Waals surface area contributed by atoms with Crippen LogP contribution in [0.5, 0.6) is 11.5 Å². The monoisotopic (exact) mass is 576 g/mol. The number of aromatic nitrogens is 2. The van der Waals surface area contributed by atoms with Gasteiger partial charge in [-0.3, -0.25) is 9.69 Å². The quantitative estimate of drug-likeness (QED) is 0.292. The predicted octanol–water partition coefficient (Wildman–Crippen LogP) is 4.72. The molecule has 0 bridgehead atoms. The van der Waals surface area contributed by atoms with Gasteiger partial charge in [0.1, 0.15) is 17.3 Å². The zero-order chi connectivity index (χ0) is 28.1. The van der Waals surface area contributed by atoms with Crippen LogP contribution >= 0.6 is 23.2 Å². The maximum atomic E-state index is 14.0. The number of hydrogen-bond donors (Lipinski definition) is 1. The summed E-state index contributed by atoms with van der Waals surface area (Å²) in [5, 5.41) is 4.50. The number of methoxy groups -OCH3 is 3. The third-order valence-corrected chi connectivity index (χ3v) is 7.36. The minimum Gasteiger partial charge on any atom is -0.495 e. The highest BCUT2D eigenvalue weighted by Crippen LogP contribution is 2.45. The molecule has 3 aromatic rings. The van der Waals surface area contributed by atoms with Crippen LogP contribution in [0.2, 0.25) is 10.0 Å². The fourth-order valence-corrected chi connectivity index (χ4v) is 5.39. The van der Waals surface area contributed by atoms with E-state index in [2.05, 4.69) is 21.8 Å². The summed E-state index contributed by atoms with van der Waals surface area (Å²) in [7, 11) is 4.63. The highest BCUT2D eigenvalue weighted by Gasteiger charge is 2.27. The van der Waals surface area contributed by atoms with E-state index in [1.807, 2.05) is 19.1 Å². The maximum Gasteiger partial charge on any atom is 0.259 e. The highest BCUT2D eigenvalue weighted by atomic mass is 35.5. The van der Waals surface area contributed by atoms with Gasteiger partial charge in [-0.05, 0) is 13.0 Å². The summed E-state index contributed by atoms with van der Waals surface area (Å²) in [4.78, 5) is 20.9. The molecule has 1 unspecified atom stereocenters. The lowest BCUT2D eigenvalue weighted by Gasteiger charge is -2.38. The Labute approximate surface area is 238 Å². The number of anilines is 1. The number of nitrogens with one attached hydrogen (secondary N) is 1. The van der Waals surface area contributed by atoms with E-state index in [9.17, 15) is 4.79 Å².